The second-order valence-electron chi connectivity index (χ2n) is 3.13. The fourth-order valence-electron chi connectivity index (χ4n) is 1.27. The molecule has 0 saturated carbocycles. The second-order valence-corrected chi connectivity index (χ2v) is 3.13. The van der Waals surface area contributed by atoms with Gasteiger partial charge >= 0.3 is 5.97 Å². The molecule has 0 heterocycles. The molecule has 0 bridgehead atoms. The van der Waals surface area contributed by atoms with Crippen molar-refractivity contribution >= 4 is 5.97 Å². The van der Waals surface area contributed by atoms with Gasteiger partial charge in [-0.1, -0.05) is 12.1 Å². The summed E-state index contributed by atoms with van der Waals surface area (Å²) in [5, 5.41) is 38.9. The van der Waals surface area contributed by atoms with E-state index >= 15 is 0 Å². The van der Waals surface area contributed by atoms with Gasteiger partial charge in [0.25, 0.3) is 0 Å². The Bertz CT molecular complexity index is 379. The largest absolute Gasteiger partial charge is 0.507 e. The van der Waals surface area contributed by atoms with Gasteiger partial charge in [0.15, 0.2) is 0 Å². The van der Waals surface area contributed by atoms with Gasteiger partial charge < -0.3 is 20.4 Å². The topological polar surface area (TPSA) is 110 Å². The molecule has 1 aromatic carbocycles. The number of aromatic carboxylic acids is 1. The summed E-state index contributed by atoms with van der Waals surface area (Å²) in [6.45, 7) is -0.0334. The molecule has 0 amide bonds. The molecule has 0 radical (unpaired) electrons. The molecule has 0 aliphatic rings. The number of aromatic hydroxyl groups is 1. The average molecular weight is 227 g/mol. The van der Waals surface area contributed by atoms with Gasteiger partial charge in [0, 0.05) is 12.1 Å². The first-order valence-electron chi connectivity index (χ1n) is 4.65. The van der Waals surface area contributed by atoms with E-state index in [1.54, 1.807) is 0 Å². The summed E-state index contributed by atoms with van der Waals surface area (Å²) in [4.78, 5) is 10.7. The Morgan fingerprint density at radius 3 is 2.69 bits per heavy atom. The number of carbonyl (C=O) groups is 1. The molecule has 16 heavy (non-hydrogen) atoms. The number of hydrogen-bond donors (Lipinski definition) is 5. The van der Waals surface area contributed by atoms with Crippen LogP contribution >= 0.6 is 0 Å². The van der Waals surface area contributed by atoms with Crippen LogP contribution in [0.1, 0.15) is 22.1 Å². The summed E-state index contributed by atoms with van der Waals surface area (Å²) < 4.78 is 0. The number of phenols is 1. The molecule has 0 saturated heterocycles. The molecule has 0 spiro atoms. The lowest BCUT2D eigenvalue weighted by atomic mass is 10.1. The lowest BCUT2D eigenvalue weighted by Crippen LogP contribution is -2.24. The molecule has 5 N–H and O–H groups in total. The van der Waals surface area contributed by atoms with Gasteiger partial charge in [-0.2, -0.15) is 0 Å². The highest BCUT2D eigenvalue weighted by Gasteiger charge is 2.17. The second kappa shape index (κ2) is 5.45. The molecular formula is C10H13NO5. The summed E-state index contributed by atoms with van der Waals surface area (Å²) in [6.07, 6.45) is -1.22. The summed E-state index contributed by atoms with van der Waals surface area (Å²) >= 11 is 0. The predicted octanol–water partition coefficient (Wildman–Crippen LogP) is -0.337. The number of aliphatic hydroxyl groups excluding tert-OH is 2. The van der Waals surface area contributed by atoms with Crippen molar-refractivity contribution < 1.29 is 25.2 Å². The lowest BCUT2D eigenvalue weighted by molar-refractivity contribution is 0.0692. The van der Waals surface area contributed by atoms with Crippen molar-refractivity contribution in [2.24, 2.45) is 0 Å². The van der Waals surface area contributed by atoms with Gasteiger partial charge in [-0.3, -0.25) is 5.32 Å². The normalized spacial score (nSPS) is 12.4. The number of rotatable bonds is 5. The number of benzene rings is 1. The number of nitrogens with one attached hydrogen (secondary N) is 1. The Hall–Kier alpha value is -1.63. The molecule has 6 heteroatoms. The standard InChI is InChI=1S/C10H13NO5/c12-5-4-11-9(14)6-2-1-3-7(8(6)13)10(15)16/h1-3,9,11-14H,4-5H2,(H,15,16). The third kappa shape index (κ3) is 2.69. The molecule has 6 nitrogen and oxygen atoms in total. The van der Waals surface area contributed by atoms with Crippen LogP contribution in [0.25, 0.3) is 0 Å². The highest BCUT2D eigenvalue weighted by Crippen LogP contribution is 2.26. The zero-order valence-electron chi connectivity index (χ0n) is 8.42. The zero-order valence-corrected chi connectivity index (χ0v) is 8.42. The van der Waals surface area contributed by atoms with Crippen LogP contribution in [0.4, 0.5) is 0 Å². The smallest absolute Gasteiger partial charge is 0.339 e. The number of carboxylic acid groups (broad SMARTS) is 1. The maximum atomic E-state index is 10.7. The van der Waals surface area contributed by atoms with E-state index in [9.17, 15) is 15.0 Å². The van der Waals surface area contributed by atoms with E-state index in [1.165, 1.54) is 18.2 Å². The van der Waals surface area contributed by atoms with Crippen molar-refractivity contribution in [2.75, 3.05) is 13.2 Å². The van der Waals surface area contributed by atoms with Crippen molar-refractivity contribution in [1.82, 2.24) is 5.32 Å². The van der Waals surface area contributed by atoms with E-state index < -0.39 is 17.9 Å². The van der Waals surface area contributed by atoms with Gasteiger partial charge in [-0.25, -0.2) is 4.79 Å². The molecule has 0 fully saturated rings. The first-order valence-corrected chi connectivity index (χ1v) is 4.65. The van der Waals surface area contributed by atoms with Gasteiger partial charge in [-0.05, 0) is 6.07 Å². The Labute approximate surface area is 91.8 Å². The van der Waals surface area contributed by atoms with Crippen molar-refractivity contribution in [3.8, 4) is 5.75 Å². The van der Waals surface area contributed by atoms with E-state index in [0.29, 0.717) is 0 Å². The van der Waals surface area contributed by atoms with E-state index in [-0.39, 0.29) is 24.3 Å². The van der Waals surface area contributed by atoms with E-state index in [0.717, 1.165) is 0 Å². The van der Waals surface area contributed by atoms with Gasteiger partial charge in [0.1, 0.15) is 17.5 Å². The Morgan fingerprint density at radius 2 is 2.12 bits per heavy atom. The maximum absolute atomic E-state index is 10.7. The molecule has 88 valence electrons. The van der Waals surface area contributed by atoms with Crippen molar-refractivity contribution in [3.05, 3.63) is 29.3 Å². The van der Waals surface area contributed by atoms with Crippen LogP contribution in [0, 0.1) is 0 Å². The molecule has 0 aliphatic carbocycles. The van der Waals surface area contributed by atoms with E-state index in [2.05, 4.69) is 5.32 Å². The molecule has 1 unspecified atom stereocenters. The first kappa shape index (κ1) is 12.4. The maximum Gasteiger partial charge on any atom is 0.339 e. The Kier molecular flexibility index (Phi) is 4.24. The quantitative estimate of drug-likeness (QED) is 0.440. The molecular weight excluding hydrogens is 214 g/mol. The van der Waals surface area contributed by atoms with Crippen LogP contribution < -0.4 is 5.32 Å². The van der Waals surface area contributed by atoms with Crippen molar-refractivity contribution in [2.45, 2.75) is 6.23 Å². The summed E-state index contributed by atoms with van der Waals surface area (Å²) in [5.41, 5.74) is -0.212. The van der Waals surface area contributed by atoms with Gasteiger partial charge in [0.05, 0.1) is 6.61 Å². The molecule has 0 aromatic heterocycles. The van der Waals surface area contributed by atoms with Crippen LogP contribution in [0.15, 0.2) is 18.2 Å². The lowest BCUT2D eigenvalue weighted by Gasteiger charge is -2.14. The highest BCUT2D eigenvalue weighted by atomic mass is 16.4. The summed E-state index contributed by atoms with van der Waals surface area (Å²) in [6, 6.07) is 4.05. The minimum Gasteiger partial charge on any atom is -0.507 e. The minimum atomic E-state index is -1.27. The summed E-state index contributed by atoms with van der Waals surface area (Å²) in [7, 11) is 0. The third-order valence-electron chi connectivity index (χ3n) is 2.04. The monoisotopic (exact) mass is 227 g/mol. The van der Waals surface area contributed by atoms with Crippen molar-refractivity contribution in [3.63, 3.8) is 0 Å². The molecule has 0 aliphatic heterocycles. The van der Waals surface area contributed by atoms with Crippen LogP contribution in [-0.2, 0) is 0 Å². The minimum absolute atomic E-state index is 0.0633. The van der Waals surface area contributed by atoms with Gasteiger partial charge in [0.2, 0.25) is 0 Å². The first-order chi connectivity index (χ1) is 7.57. The van der Waals surface area contributed by atoms with Crippen LogP contribution in [-0.4, -0.2) is 39.5 Å². The number of carboxylic acids is 1. The molecule has 1 atom stereocenters. The van der Waals surface area contributed by atoms with Crippen LogP contribution in [0.5, 0.6) is 5.75 Å². The highest BCUT2D eigenvalue weighted by molar-refractivity contribution is 5.91. The zero-order chi connectivity index (χ0) is 12.1. The predicted molar refractivity (Wildman–Crippen MR) is 55.1 cm³/mol. The fourth-order valence-corrected chi connectivity index (χ4v) is 1.27. The van der Waals surface area contributed by atoms with Crippen molar-refractivity contribution in [1.29, 1.82) is 0 Å². The Balaban J connectivity index is 2.96. The van der Waals surface area contributed by atoms with E-state index in [1.807, 2.05) is 0 Å². The number of para-hydroxylation sites is 1. The number of aliphatic hydroxyl groups is 2. The SMILES string of the molecule is O=C(O)c1cccc(C(O)NCCO)c1O. The molecule has 1 aromatic rings. The van der Waals surface area contributed by atoms with E-state index in [4.69, 9.17) is 10.2 Å². The van der Waals surface area contributed by atoms with Crippen LogP contribution in [0.3, 0.4) is 0 Å². The number of hydrogen-bond acceptors (Lipinski definition) is 5. The van der Waals surface area contributed by atoms with Gasteiger partial charge in [-0.15, -0.1) is 0 Å². The molecule has 1 rings (SSSR count). The fraction of sp³-hybridized carbons (Fsp3) is 0.300. The third-order valence-corrected chi connectivity index (χ3v) is 2.04. The van der Waals surface area contributed by atoms with Crippen LogP contribution in [0.2, 0.25) is 0 Å². The average Bonchev–Trinajstić information content (AvgIpc) is 2.25. The summed E-state index contributed by atoms with van der Waals surface area (Å²) in [5.74, 6) is -1.75. The Morgan fingerprint density at radius 1 is 1.44 bits per heavy atom.